The first kappa shape index (κ1) is 26.7. The number of benzene rings is 7. The maximum Gasteiger partial charge on any atom is 0.160 e. The fourth-order valence-electron chi connectivity index (χ4n) is 7.19. The van der Waals surface area contributed by atoms with E-state index < -0.39 is 0 Å². The molecule has 3 heterocycles. The van der Waals surface area contributed by atoms with Gasteiger partial charge in [0.25, 0.3) is 0 Å². The van der Waals surface area contributed by atoms with E-state index in [1.807, 2.05) is 30.3 Å². The quantitative estimate of drug-likeness (QED) is 0.198. The lowest BCUT2D eigenvalue weighted by molar-refractivity contribution is 0.670. The van der Waals surface area contributed by atoms with Crippen LogP contribution >= 0.6 is 0 Å². The molecule has 0 fully saturated rings. The number of rotatable bonds is 4. The maximum atomic E-state index is 6.63. The molecule has 0 spiro atoms. The standard InChI is InChI=1S/C44H27N3O/c1-3-13-28(14-4-1)42-35-19-7-10-20-38(35)45-44(46-42)30-25-36(43-37(26-30)34-18-9-12-22-41(34)48-43)29-23-24-33-32-17-8-11-21-39(32)47(40(33)27-29)31-15-5-2-6-16-31/h1-27H. The summed E-state index contributed by atoms with van der Waals surface area (Å²) in [6.45, 7) is 0. The van der Waals surface area contributed by atoms with Gasteiger partial charge in [0, 0.05) is 49.3 Å². The number of aromatic nitrogens is 3. The second-order valence-electron chi connectivity index (χ2n) is 12.2. The topological polar surface area (TPSA) is 43.9 Å². The zero-order chi connectivity index (χ0) is 31.6. The van der Waals surface area contributed by atoms with Crippen molar-refractivity contribution in [2.24, 2.45) is 0 Å². The van der Waals surface area contributed by atoms with E-state index in [0.29, 0.717) is 5.82 Å². The lowest BCUT2D eigenvalue weighted by Gasteiger charge is -2.12. The molecule has 4 nitrogen and oxygen atoms in total. The highest BCUT2D eigenvalue weighted by Crippen LogP contribution is 2.42. The second-order valence-corrected chi connectivity index (χ2v) is 12.2. The molecule has 0 amide bonds. The first-order valence-corrected chi connectivity index (χ1v) is 16.2. The summed E-state index contributed by atoms with van der Waals surface area (Å²) < 4.78 is 8.98. The van der Waals surface area contributed by atoms with Gasteiger partial charge in [-0.2, -0.15) is 0 Å². The summed E-state index contributed by atoms with van der Waals surface area (Å²) in [4.78, 5) is 10.4. The lowest BCUT2D eigenvalue weighted by Crippen LogP contribution is -1.96. The summed E-state index contributed by atoms with van der Waals surface area (Å²) >= 11 is 0. The summed E-state index contributed by atoms with van der Waals surface area (Å²) in [5.41, 5.74) is 11.1. The van der Waals surface area contributed by atoms with E-state index in [1.165, 1.54) is 16.3 Å². The van der Waals surface area contributed by atoms with Crippen LogP contribution in [-0.4, -0.2) is 14.5 Å². The van der Waals surface area contributed by atoms with Crippen molar-refractivity contribution in [3.8, 4) is 39.5 Å². The number of furan rings is 1. The molecule has 0 unspecified atom stereocenters. The van der Waals surface area contributed by atoms with Crippen LogP contribution in [0.5, 0.6) is 0 Å². The van der Waals surface area contributed by atoms with Crippen LogP contribution in [0, 0.1) is 0 Å². The van der Waals surface area contributed by atoms with Gasteiger partial charge in [-0.3, -0.25) is 0 Å². The van der Waals surface area contributed by atoms with Gasteiger partial charge in [0.15, 0.2) is 5.82 Å². The molecule has 224 valence electrons. The molecular formula is C44H27N3O. The van der Waals surface area contributed by atoms with Gasteiger partial charge < -0.3 is 8.98 Å². The van der Waals surface area contributed by atoms with Gasteiger partial charge >= 0.3 is 0 Å². The molecule has 4 heteroatoms. The van der Waals surface area contributed by atoms with Crippen LogP contribution in [-0.2, 0) is 0 Å². The molecule has 0 saturated heterocycles. The number of hydrogen-bond acceptors (Lipinski definition) is 3. The number of hydrogen-bond donors (Lipinski definition) is 0. The summed E-state index contributed by atoms with van der Waals surface area (Å²) in [6, 6.07) is 57.2. The lowest BCUT2D eigenvalue weighted by atomic mass is 9.97. The highest BCUT2D eigenvalue weighted by Gasteiger charge is 2.20. The molecule has 0 bridgehead atoms. The van der Waals surface area contributed by atoms with E-state index in [-0.39, 0.29) is 0 Å². The molecule has 10 rings (SSSR count). The third-order valence-electron chi connectivity index (χ3n) is 9.39. The summed E-state index contributed by atoms with van der Waals surface area (Å²) in [6.07, 6.45) is 0. The van der Waals surface area contributed by atoms with Gasteiger partial charge in [-0.1, -0.05) is 115 Å². The Labute approximate surface area is 276 Å². The largest absolute Gasteiger partial charge is 0.455 e. The van der Waals surface area contributed by atoms with Crippen LogP contribution in [0.4, 0.5) is 0 Å². The summed E-state index contributed by atoms with van der Waals surface area (Å²) in [7, 11) is 0. The van der Waals surface area contributed by atoms with Crippen molar-refractivity contribution in [2.45, 2.75) is 0 Å². The number of nitrogens with zero attached hydrogens (tertiary/aromatic N) is 3. The Morgan fingerprint density at radius 2 is 1.12 bits per heavy atom. The molecular weight excluding hydrogens is 587 g/mol. The molecule has 0 N–H and O–H groups in total. The monoisotopic (exact) mass is 613 g/mol. The molecule has 3 aromatic heterocycles. The minimum Gasteiger partial charge on any atom is -0.455 e. The van der Waals surface area contributed by atoms with Gasteiger partial charge in [0.2, 0.25) is 0 Å². The van der Waals surface area contributed by atoms with E-state index in [4.69, 9.17) is 14.4 Å². The smallest absolute Gasteiger partial charge is 0.160 e. The van der Waals surface area contributed by atoms with Crippen LogP contribution in [0.2, 0.25) is 0 Å². The minimum atomic E-state index is 0.681. The number of fused-ring (bicyclic) bond motifs is 7. The molecule has 10 aromatic rings. The minimum absolute atomic E-state index is 0.681. The predicted octanol–water partition coefficient (Wildman–Crippen LogP) is 11.6. The fraction of sp³-hybridized carbons (Fsp3) is 0. The van der Waals surface area contributed by atoms with Gasteiger partial charge in [-0.05, 0) is 54.1 Å². The molecule has 0 atom stereocenters. The van der Waals surface area contributed by atoms with Crippen molar-refractivity contribution in [1.82, 2.24) is 14.5 Å². The van der Waals surface area contributed by atoms with Crippen molar-refractivity contribution in [3.63, 3.8) is 0 Å². The van der Waals surface area contributed by atoms with Gasteiger partial charge in [-0.15, -0.1) is 0 Å². The highest BCUT2D eigenvalue weighted by atomic mass is 16.3. The van der Waals surface area contributed by atoms with Crippen LogP contribution in [0.3, 0.4) is 0 Å². The summed E-state index contributed by atoms with van der Waals surface area (Å²) in [5.74, 6) is 0.681. The molecule has 0 aliphatic heterocycles. The Kier molecular flexibility index (Phi) is 5.84. The average Bonchev–Trinajstić information content (AvgIpc) is 3.70. The molecule has 0 saturated carbocycles. The van der Waals surface area contributed by atoms with E-state index >= 15 is 0 Å². The Bertz CT molecular complexity index is 2830. The molecule has 0 aliphatic rings. The zero-order valence-electron chi connectivity index (χ0n) is 25.8. The van der Waals surface area contributed by atoms with Crippen LogP contribution in [0.1, 0.15) is 0 Å². The number of para-hydroxylation sites is 4. The fourth-order valence-corrected chi connectivity index (χ4v) is 7.19. The van der Waals surface area contributed by atoms with Crippen LogP contribution in [0.25, 0.3) is 94.1 Å². The van der Waals surface area contributed by atoms with Gasteiger partial charge in [0.05, 0.1) is 22.2 Å². The third-order valence-corrected chi connectivity index (χ3v) is 9.39. The Balaban J connectivity index is 1.27. The van der Waals surface area contributed by atoms with Crippen LogP contribution in [0.15, 0.2) is 168 Å². The molecule has 7 aromatic carbocycles. The van der Waals surface area contributed by atoms with Crippen molar-refractivity contribution in [2.75, 3.05) is 0 Å². The first-order valence-electron chi connectivity index (χ1n) is 16.2. The molecule has 48 heavy (non-hydrogen) atoms. The normalized spacial score (nSPS) is 11.8. The highest BCUT2D eigenvalue weighted by molar-refractivity contribution is 6.14. The zero-order valence-corrected chi connectivity index (χ0v) is 25.8. The SMILES string of the molecule is c1ccc(-c2nc(-c3cc(-c4ccc5c6ccccc6n(-c6ccccc6)c5c4)c4oc5ccccc5c4c3)nc3ccccc23)cc1. The third kappa shape index (κ3) is 4.10. The molecule has 0 aliphatic carbocycles. The van der Waals surface area contributed by atoms with E-state index in [2.05, 4.69) is 138 Å². The van der Waals surface area contributed by atoms with E-state index in [0.717, 1.165) is 72.0 Å². The Morgan fingerprint density at radius 1 is 0.438 bits per heavy atom. The van der Waals surface area contributed by atoms with E-state index in [1.54, 1.807) is 0 Å². The van der Waals surface area contributed by atoms with Crippen molar-refractivity contribution in [3.05, 3.63) is 164 Å². The van der Waals surface area contributed by atoms with Gasteiger partial charge in [0.1, 0.15) is 11.2 Å². The van der Waals surface area contributed by atoms with Crippen molar-refractivity contribution < 1.29 is 4.42 Å². The van der Waals surface area contributed by atoms with Crippen molar-refractivity contribution in [1.29, 1.82) is 0 Å². The van der Waals surface area contributed by atoms with Crippen LogP contribution < -0.4 is 0 Å². The average molecular weight is 614 g/mol. The Hall–Kier alpha value is -6.52. The summed E-state index contributed by atoms with van der Waals surface area (Å²) in [5, 5.41) is 5.57. The second kappa shape index (κ2) is 10.5. The maximum absolute atomic E-state index is 6.63. The predicted molar refractivity (Wildman–Crippen MR) is 197 cm³/mol. The van der Waals surface area contributed by atoms with E-state index in [9.17, 15) is 0 Å². The first-order chi connectivity index (χ1) is 23.8. The molecule has 0 radical (unpaired) electrons. The van der Waals surface area contributed by atoms with Crippen molar-refractivity contribution >= 4 is 54.6 Å². The Morgan fingerprint density at radius 3 is 1.98 bits per heavy atom. The van der Waals surface area contributed by atoms with Gasteiger partial charge in [-0.25, -0.2) is 9.97 Å².